The number of hydrogen-bond acceptors (Lipinski definition) is 2. The summed E-state index contributed by atoms with van der Waals surface area (Å²) >= 11 is 0. The van der Waals surface area contributed by atoms with Crippen molar-refractivity contribution in [2.75, 3.05) is 6.54 Å². The molecule has 104 valence electrons. The minimum atomic E-state index is 0.708. The van der Waals surface area contributed by atoms with E-state index in [0.29, 0.717) is 5.92 Å². The van der Waals surface area contributed by atoms with Crippen LogP contribution in [0, 0.1) is 23.7 Å². The van der Waals surface area contributed by atoms with Gasteiger partial charge in [-0.05, 0) is 68.0 Å². The summed E-state index contributed by atoms with van der Waals surface area (Å²) in [6, 6.07) is 4.34. The molecule has 0 aromatic carbocycles. The molecule has 2 heteroatoms. The molecular weight excluding hydrogens is 234 g/mol. The molecule has 0 aliphatic heterocycles. The van der Waals surface area contributed by atoms with Crippen LogP contribution in [0.25, 0.3) is 0 Å². The summed E-state index contributed by atoms with van der Waals surface area (Å²) in [5.74, 6) is 6.90. The van der Waals surface area contributed by atoms with Gasteiger partial charge in [0.2, 0.25) is 0 Å². The third-order valence-electron chi connectivity index (χ3n) is 5.75. The van der Waals surface area contributed by atoms with Gasteiger partial charge in [-0.2, -0.15) is 0 Å². The summed E-state index contributed by atoms with van der Waals surface area (Å²) in [6.07, 6.45) is 7.28. The Balaban J connectivity index is 1.25. The monoisotopic (exact) mass is 259 g/mol. The Hall–Kier alpha value is -0.760. The van der Waals surface area contributed by atoms with Crippen LogP contribution in [-0.2, 0) is 6.54 Å². The largest absolute Gasteiger partial charge is 0.464 e. The van der Waals surface area contributed by atoms with Crippen LogP contribution in [-0.4, -0.2) is 6.54 Å². The quantitative estimate of drug-likeness (QED) is 0.866. The Bertz CT molecular complexity index is 452. The Morgan fingerprint density at radius 3 is 2.79 bits per heavy atom. The van der Waals surface area contributed by atoms with Gasteiger partial charge in [0.25, 0.3) is 0 Å². The lowest BCUT2D eigenvalue weighted by molar-refractivity contribution is 0.313. The molecule has 5 unspecified atom stereocenters. The van der Waals surface area contributed by atoms with Crippen LogP contribution in [0.5, 0.6) is 0 Å². The first kappa shape index (κ1) is 12.0. The SMILES string of the molecule is CC1CC1c1ccc(CNCC2CC3CCC2C3)o1. The first-order chi connectivity index (χ1) is 9.29. The molecule has 0 radical (unpaired) electrons. The Kier molecular flexibility index (Phi) is 2.95. The maximum atomic E-state index is 5.94. The smallest absolute Gasteiger partial charge is 0.117 e. The van der Waals surface area contributed by atoms with E-state index < -0.39 is 0 Å². The van der Waals surface area contributed by atoms with Gasteiger partial charge in [-0.15, -0.1) is 0 Å². The molecule has 2 nitrogen and oxygen atoms in total. The standard InChI is InChI=1S/C17H25NO/c1-11-6-16(11)17-5-4-15(19-17)10-18-9-14-8-12-2-3-13(14)7-12/h4-5,11-14,16,18H,2-3,6-10H2,1H3. The van der Waals surface area contributed by atoms with Crippen LogP contribution in [0.3, 0.4) is 0 Å². The summed E-state index contributed by atoms with van der Waals surface area (Å²) < 4.78 is 5.94. The highest BCUT2D eigenvalue weighted by molar-refractivity contribution is 5.17. The van der Waals surface area contributed by atoms with Gasteiger partial charge < -0.3 is 9.73 Å². The van der Waals surface area contributed by atoms with E-state index in [4.69, 9.17) is 4.42 Å². The molecule has 19 heavy (non-hydrogen) atoms. The highest BCUT2D eigenvalue weighted by Gasteiger charge is 2.39. The molecule has 2 bridgehead atoms. The molecular formula is C17H25NO. The Labute approximate surface area is 116 Å². The molecule has 3 aliphatic rings. The molecule has 5 atom stereocenters. The van der Waals surface area contributed by atoms with E-state index in [0.717, 1.165) is 36.0 Å². The van der Waals surface area contributed by atoms with Crippen molar-refractivity contribution in [1.29, 1.82) is 0 Å². The molecule has 0 amide bonds. The maximum absolute atomic E-state index is 5.94. The third kappa shape index (κ3) is 2.35. The second-order valence-electron chi connectivity index (χ2n) is 7.19. The summed E-state index contributed by atoms with van der Waals surface area (Å²) in [4.78, 5) is 0. The van der Waals surface area contributed by atoms with Crippen LogP contribution in [0.4, 0.5) is 0 Å². The predicted octanol–water partition coefficient (Wildman–Crippen LogP) is 3.93. The zero-order valence-electron chi connectivity index (χ0n) is 11.9. The average molecular weight is 259 g/mol. The second kappa shape index (κ2) is 4.66. The van der Waals surface area contributed by atoms with Crippen LogP contribution in [0.2, 0.25) is 0 Å². The molecule has 3 fully saturated rings. The fourth-order valence-corrected chi connectivity index (χ4v) is 4.41. The van der Waals surface area contributed by atoms with Gasteiger partial charge in [0.15, 0.2) is 0 Å². The van der Waals surface area contributed by atoms with Gasteiger partial charge in [0.1, 0.15) is 11.5 Å². The summed E-state index contributed by atoms with van der Waals surface area (Å²) in [5.41, 5.74) is 0. The van der Waals surface area contributed by atoms with Crippen molar-refractivity contribution >= 4 is 0 Å². The van der Waals surface area contributed by atoms with Crippen molar-refractivity contribution in [2.24, 2.45) is 23.7 Å². The number of furan rings is 1. The summed E-state index contributed by atoms with van der Waals surface area (Å²) in [7, 11) is 0. The Morgan fingerprint density at radius 1 is 1.21 bits per heavy atom. The van der Waals surface area contributed by atoms with Gasteiger partial charge >= 0.3 is 0 Å². The van der Waals surface area contributed by atoms with E-state index in [1.165, 1.54) is 44.4 Å². The fourth-order valence-electron chi connectivity index (χ4n) is 4.41. The van der Waals surface area contributed by atoms with Gasteiger partial charge in [0.05, 0.1) is 6.54 Å². The Morgan fingerprint density at radius 2 is 2.11 bits per heavy atom. The van der Waals surface area contributed by atoms with Crippen LogP contribution in [0.15, 0.2) is 16.5 Å². The maximum Gasteiger partial charge on any atom is 0.117 e. The minimum Gasteiger partial charge on any atom is -0.464 e. The van der Waals surface area contributed by atoms with Gasteiger partial charge in [-0.1, -0.05) is 13.3 Å². The molecule has 3 aliphatic carbocycles. The van der Waals surface area contributed by atoms with Gasteiger partial charge in [-0.3, -0.25) is 0 Å². The summed E-state index contributed by atoms with van der Waals surface area (Å²) in [5, 5.41) is 3.62. The van der Waals surface area contributed by atoms with Crippen LogP contribution in [0.1, 0.15) is 56.5 Å². The van der Waals surface area contributed by atoms with E-state index in [2.05, 4.69) is 24.4 Å². The lowest BCUT2D eigenvalue weighted by Gasteiger charge is -2.21. The zero-order chi connectivity index (χ0) is 12.8. The zero-order valence-corrected chi connectivity index (χ0v) is 11.9. The normalized spacial score (nSPS) is 39.9. The highest BCUT2D eigenvalue weighted by Crippen LogP contribution is 2.48. The third-order valence-corrected chi connectivity index (χ3v) is 5.75. The minimum absolute atomic E-state index is 0.708. The summed E-state index contributed by atoms with van der Waals surface area (Å²) in [6.45, 7) is 4.41. The first-order valence-corrected chi connectivity index (χ1v) is 8.09. The second-order valence-corrected chi connectivity index (χ2v) is 7.19. The highest BCUT2D eigenvalue weighted by atomic mass is 16.3. The van der Waals surface area contributed by atoms with Crippen molar-refractivity contribution < 1.29 is 4.42 Å². The van der Waals surface area contributed by atoms with Crippen molar-refractivity contribution in [3.63, 3.8) is 0 Å². The number of rotatable bonds is 5. The number of fused-ring (bicyclic) bond motifs is 2. The first-order valence-electron chi connectivity index (χ1n) is 8.09. The molecule has 0 saturated heterocycles. The lowest BCUT2D eigenvalue weighted by atomic mass is 9.89. The van der Waals surface area contributed by atoms with Crippen molar-refractivity contribution in [1.82, 2.24) is 5.32 Å². The predicted molar refractivity (Wildman–Crippen MR) is 75.9 cm³/mol. The molecule has 1 heterocycles. The van der Waals surface area contributed by atoms with Crippen LogP contribution < -0.4 is 5.32 Å². The molecule has 1 N–H and O–H groups in total. The van der Waals surface area contributed by atoms with Crippen molar-refractivity contribution in [3.8, 4) is 0 Å². The van der Waals surface area contributed by atoms with Gasteiger partial charge in [0, 0.05) is 5.92 Å². The average Bonchev–Trinajstić information content (AvgIpc) is 2.85. The van der Waals surface area contributed by atoms with E-state index in [1.54, 1.807) is 0 Å². The van der Waals surface area contributed by atoms with Crippen LogP contribution >= 0.6 is 0 Å². The van der Waals surface area contributed by atoms with E-state index in [-0.39, 0.29) is 0 Å². The van der Waals surface area contributed by atoms with E-state index in [1.807, 2.05) is 0 Å². The molecule has 3 saturated carbocycles. The molecule has 4 rings (SSSR count). The molecule has 1 aromatic rings. The lowest BCUT2D eigenvalue weighted by Crippen LogP contribution is -2.26. The molecule has 1 aromatic heterocycles. The van der Waals surface area contributed by atoms with Crippen molar-refractivity contribution in [2.45, 2.75) is 51.5 Å². The topological polar surface area (TPSA) is 25.2 Å². The van der Waals surface area contributed by atoms with Crippen molar-refractivity contribution in [3.05, 3.63) is 23.7 Å². The fraction of sp³-hybridized carbons (Fsp3) is 0.765. The number of hydrogen-bond donors (Lipinski definition) is 1. The van der Waals surface area contributed by atoms with E-state index in [9.17, 15) is 0 Å². The van der Waals surface area contributed by atoms with E-state index >= 15 is 0 Å². The van der Waals surface area contributed by atoms with Gasteiger partial charge in [-0.25, -0.2) is 0 Å². The number of nitrogens with one attached hydrogen (secondary N) is 1. The molecule has 0 spiro atoms.